The Balaban J connectivity index is 1.99. The Bertz CT molecular complexity index is 491. The zero-order valence-electron chi connectivity index (χ0n) is 9.54. The largest absolute Gasteiger partial charge is 0.486 e. The van der Waals surface area contributed by atoms with Crippen molar-refractivity contribution in [3.8, 4) is 5.75 Å². The molecule has 0 unspecified atom stereocenters. The molecule has 0 aliphatic rings. The number of rotatable bonds is 5. The lowest BCUT2D eigenvalue weighted by atomic mass is 10.2. The van der Waals surface area contributed by atoms with Crippen LogP contribution in [0.4, 0.5) is 0 Å². The van der Waals surface area contributed by atoms with E-state index in [4.69, 9.17) is 4.74 Å². The average molecular weight is 231 g/mol. The van der Waals surface area contributed by atoms with Gasteiger partial charge in [0.1, 0.15) is 25.0 Å². The van der Waals surface area contributed by atoms with Crippen LogP contribution in [0.1, 0.15) is 23.1 Å². The summed E-state index contributed by atoms with van der Waals surface area (Å²) >= 11 is 0. The van der Waals surface area contributed by atoms with E-state index in [-0.39, 0.29) is 0 Å². The van der Waals surface area contributed by atoms with Crippen LogP contribution >= 0.6 is 0 Å². The van der Waals surface area contributed by atoms with Crippen LogP contribution in [0.3, 0.4) is 0 Å². The van der Waals surface area contributed by atoms with Gasteiger partial charge >= 0.3 is 0 Å². The van der Waals surface area contributed by atoms with E-state index in [0.717, 1.165) is 18.7 Å². The number of aldehydes is 1. The van der Waals surface area contributed by atoms with Gasteiger partial charge in [-0.1, -0.05) is 0 Å². The molecule has 0 radical (unpaired) electrons. The van der Waals surface area contributed by atoms with Crippen LogP contribution in [0.15, 0.2) is 30.6 Å². The standard InChI is InChI=1S/C12H13N3O2/c1-2-15-12(13-9-14-15)8-17-11-5-3-10(7-16)4-6-11/h3-7,9H,2,8H2,1H3. The monoisotopic (exact) mass is 231 g/mol. The lowest BCUT2D eigenvalue weighted by molar-refractivity contribution is 0.112. The van der Waals surface area contributed by atoms with Gasteiger partial charge in [-0.3, -0.25) is 4.79 Å². The molecule has 1 aromatic carbocycles. The Labute approximate surface area is 99.1 Å². The van der Waals surface area contributed by atoms with E-state index in [1.807, 2.05) is 6.92 Å². The molecule has 0 aliphatic heterocycles. The molecular weight excluding hydrogens is 218 g/mol. The van der Waals surface area contributed by atoms with E-state index in [1.54, 1.807) is 28.9 Å². The van der Waals surface area contributed by atoms with Crippen molar-refractivity contribution in [3.63, 3.8) is 0 Å². The first-order chi connectivity index (χ1) is 8.33. The third-order valence-corrected chi connectivity index (χ3v) is 2.38. The minimum absolute atomic E-state index is 0.369. The number of nitrogens with zero attached hydrogens (tertiary/aromatic N) is 3. The van der Waals surface area contributed by atoms with Gasteiger partial charge in [0.2, 0.25) is 0 Å². The average Bonchev–Trinajstić information content (AvgIpc) is 2.84. The minimum atomic E-state index is 0.369. The molecule has 1 heterocycles. The highest BCUT2D eigenvalue weighted by atomic mass is 16.5. The Hall–Kier alpha value is -2.17. The van der Waals surface area contributed by atoms with Crippen LogP contribution in [-0.2, 0) is 13.2 Å². The molecule has 0 saturated heterocycles. The lowest BCUT2D eigenvalue weighted by Crippen LogP contribution is -2.07. The maximum absolute atomic E-state index is 10.5. The van der Waals surface area contributed by atoms with Gasteiger partial charge in [-0.2, -0.15) is 5.10 Å². The third kappa shape index (κ3) is 2.69. The molecule has 0 spiro atoms. The summed E-state index contributed by atoms with van der Waals surface area (Å²) in [5.41, 5.74) is 0.633. The number of benzene rings is 1. The Morgan fingerprint density at radius 2 is 2.12 bits per heavy atom. The number of carbonyl (C=O) groups is 1. The van der Waals surface area contributed by atoms with E-state index < -0.39 is 0 Å². The van der Waals surface area contributed by atoms with Crippen molar-refractivity contribution in [2.75, 3.05) is 0 Å². The van der Waals surface area contributed by atoms with Crippen LogP contribution < -0.4 is 4.74 Å². The van der Waals surface area contributed by atoms with Crippen molar-refractivity contribution in [1.82, 2.24) is 14.8 Å². The van der Waals surface area contributed by atoms with Crippen molar-refractivity contribution in [2.24, 2.45) is 0 Å². The van der Waals surface area contributed by atoms with Crippen LogP contribution in [0.5, 0.6) is 5.75 Å². The summed E-state index contributed by atoms with van der Waals surface area (Å²) in [5.74, 6) is 1.49. The van der Waals surface area contributed by atoms with Gasteiger partial charge in [0, 0.05) is 12.1 Å². The Morgan fingerprint density at radius 3 is 2.76 bits per heavy atom. The molecule has 17 heavy (non-hydrogen) atoms. The van der Waals surface area contributed by atoms with E-state index in [0.29, 0.717) is 17.9 Å². The number of hydrogen-bond donors (Lipinski definition) is 0. The minimum Gasteiger partial charge on any atom is -0.486 e. The zero-order chi connectivity index (χ0) is 12.1. The molecule has 0 aliphatic carbocycles. The number of ether oxygens (including phenoxy) is 1. The molecule has 0 fully saturated rings. The fourth-order valence-electron chi connectivity index (χ4n) is 1.45. The van der Waals surface area contributed by atoms with E-state index in [9.17, 15) is 4.79 Å². The van der Waals surface area contributed by atoms with Gasteiger partial charge in [0.05, 0.1) is 0 Å². The van der Waals surface area contributed by atoms with Gasteiger partial charge in [0.15, 0.2) is 5.82 Å². The fourth-order valence-corrected chi connectivity index (χ4v) is 1.45. The molecule has 0 atom stereocenters. The smallest absolute Gasteiger partial charge is 0.164 e. The molecule has 0 N–H and O–H groups in total. The fraction of sp³-hybridized carbons (Fsp3) is 0.250. The van der Waals surface area contributed by atoms with Crippen LogP contribution in [0, 0.1) is 0 Å². The summed E-state index contributed by atoms with van der Waals surface area (Å²) in [6.45, 7) is 3.13. The summed E-state index contributed by atoms with van der Waals surface area (Å²) in [5, 5.41) is 4.05. The predicted molar refractivity (Wildman–Crippen MR) is 61.9 cm³/mol. The molecule has 88 valence electrons. The van der Waals surface area contributed by atoms with Gasteiger partial charge in [-0.15, -0.1) is 0 Å². The number of carbonyl (C=O) groups excluding carboxylic acids is 1. The highest BCUT2D eigenvalue weighted by Gasteiger charge is 2.03. The zero-order valence-corrected chi connectivity index (χ0v) is 9.54. The molecule has 2 aromatic rings. The molecular formula is C12H13N3O2. The number of hydrogen-bond acceptors (Lipinski definition) is 4. The van der Waals surface area contributed by atoms with Crippen molar-refractivity contribution in [3.05, 3.63) is 42.0 Å². The van der Waals surface area contributed by atoms with Crippen LogP contribution in [0.2, 0.25) is 0 Å². The first-order valence-electron chi connectivity index (χ1n) is 5.38. The van der Waals surface area contributed by atoms with E-state index in [2.05, 4.69) is 10.1 Å². The molecule has 2 rings (SSSR count). The van der Waals surface area contributed by atoms with E-state index in [1.165, 1.54) is 6.33 Å². The van der Waals surface area contributed by atoms with E-state index >= 15 is 0 Å². The summed E-state index contributed by atoms with van der Waals surface area (Å²) < 4.78 is 7.33. The Kier molecular flexibility index (Phi) is 3.49. The summed E-state index contributed by atoms with van der Waals surface area (Å²) in [6, 6.07) is 6.95. The second-order valence-electron chi connectivity index (χ2n) is 3.47. The van der Waals surface area contributed by atoms with Gasteiger partial charge in [0.25, 0.3) is 0 Å². The maximum atomic E-state index is 10.5. The first kappa shape index (κ1) is 11.3. The molecule has 5 nitrogen and oxygen atoms in total. The van der Waals surface area contributed by atoms with Crippen molar-refractivity contribution in [2.45, 2.75) is 20.1 Å². The lowest BCUT2D eigenvalue weighted by Gasteiger charge is -2.06. The first-order valence-corrected chi connectivity index (χ1v) is 5.38. The molecule has 5 heteroatoms. The van der Waals surface area contributed by atoms with Crippen molar-refractivity contribution >= 4 is 6.29 Å². The predicted octanol–water partition coefficient (Wildman–Crippen LogP) is 1.69. The Morgan fingerprint density at radius 1 is 1.35 bits per heavy atom. The molecule has 0 amide bonds. The van der Waals surface area contributed by atoms with Crippen molar-refractivity contribution in [1.29, 1.82) is 0 Å². The highest BCUT2D eigenvalue weighted by Crippen LogP contribution is 2.12. The van der Waals surface area contributed by atoms with Crippen molar-refractivity contribution < 1.29 is 9.53 Å². The second kappa shape index (κ2) is 5.25. The molecule has 0 bridgehead atoms. The third-order valence-electron chi connectivity index (χ3n) is 2.38. The van der Waals surface area contributed by atoms with Crippen LogP contribution in [0.25, 0.3) is 0 Å². The molecule has 0 saturated carbocycles. The maximum Gasteiger partial charge on any atom is 0.164 e. The van der Waals surface area contributed by atoms with Crippen LogP contribution in [-0.4, -0.2) is 21.1 Å². The quantitative estimate of drug-likeness (QED) is 0.735. The summed E-state index contributed by atoms with van der Waals surface area (Å²) in [6.07, 6.45) is 2.31. The van der Waals surface area contributed by atoms with Gasteiger partial charge < -0.3 is 4.74 Å². The molecule has 1 aromatic heterocycles. The normalized spacial score (nSPS) is 10.2. The highest BCUT2D eigenvalue weighted by molar-refractivity contribution is 5.74. The summed E-state index contributed by atoms with van der Waals surface area (Å²) in [7, 11) is 0. The SMILES string of the molecule is CCn1ncnc1COc1ccc(C=O)cc1. The topological polar surface area (TPSA) is 57.0 Å². The van der Waals surface area contributed by atoms with Gasteiger partial charge in [-0.25, -0.2) is 9.67 Å². The summed E-state index contributed by atoms with van der Waals surface area (Å²) in [4.78, 5) is 14.6. The second-order valence-corrected chi connectivity index (χ2v) is 3.47. The number of aromatic nitrogens is 3. The number of aryl methyl sites for hydroxylation is 1. The van der Waals surface area contributed by atoms with Gasteiger partial charge in [-0.05, 0) is 31.2 Å².